The van der Waals surface area contributed by atoms with Gasteiger partial charge in [-0.05, 0) is 25.0 Å². The molecule has 4 rings (SSSR count). The van der Waals surface area contributed by atoms with Crippen molar-refractivity contribution in [3.05, 3.63) is 63.5 Å². The zero-order chi connectivity index (χ0) is 22.0. The van der Waals surface area contributed by atoms with Crippen LogP contribution >= 0.6 is 11.3 Å². The van der Waals surface area contributed by atoms with Crippen LogP contribution in [-0.4, -0.2) is 63.3 Å². The highest BCUT2D eigenvalue weighted by Gasteiger charge is 2.29. The molecule has 9 heteroatoms. The van der Waals surface area contributed by atoms with E-state index in [0.717, 1.165) is 17.7 Å². The normalized spacial score (nSPS) is 15.2. The second kappa shape index (κ2) is 8.89. The smallest absolute Gasteiger partial charge is 0.271 e. The number of fused-ring (bicyclic) bond motifs is 1. The van der Waals surface area contributed by atoms with E-state index in [0.29, 0.717) is 31.1 Å². The third-order valence-electron chi connectivity index (χ3n) is 5.46. The van der Waals surface area contributed by atoms with Crippen LogP contribution in [0.2, 0.25) is 0 Å². The zero-order valence-electron chi connectivity index (χ0n) is 17.5. The molecule has 1 aliphatic heterocycles. The van der Waals surface area contributed by atoms with Gasteiger partial charge in [-0.15, -0.1) is 11.3 Å². The maximum atomic E-state index is 12.9. The molecule has 1 saturated heterocycles. The maximum Gasteiger partial charge on any atom is 0.271 e. The average molecular weight is 441 g/mol. The second-order valence-electron chi connectivity index (χ2n) is 7.37. The van der Waals surface area contributed by atoms with Crippen LogP contribution in [0, 0.1) is 0 Å². The van der Waals surface area contributed by atoms with Gasteiger partial charge in [0.2, 0.25) is 0 Å². The van der Waals surface area contributed by atoms with Crippen LogP contribution < -0.4 is 10.3 Å². The summed E-state index contributed by atoms with van der Waals surface area (Å²) in [5, 5.41) is 1.75. The number of piperazine rings is 1. The molecule has 3 heterocycles. The van der Waals surface area contributed by atoms with Crippen LogP contribution in [-0.2, 0) is 11.2 Å². The predicted molar refractivity (Wildman–Crippen MR) is 118 cm³/mol. The van der Waals surface area contributed by atoms with Crippen molar-refractivity contribution in [1.82, 2.24) is 19.2 Å². The minimum Gasteiger partial charge on any atom is -0.481 e. The molecule has 0 N–H and O–H groups in total. The molecular weight excluding hydrogens is 416 g/mol. The number of amides is 2. The molecule has 0 spiro atoms. The largest absolute Gasteiger partial charge is 0.481 e. The quantitative estimate of drug-likeness (QED) is 0.607. The molecule has 0 saturated carbocycles. The summed E-state index contributed by atoms with van der Waals surface area (Å²) >= 11 is 1.34. The molecule has 0 bridgehead atoms. The monoisotopic (exact) mass is 440 g/mol. The number of ether oxygens (including phenoxy) is 1. The van der Waals surface area contributed by atoms with E-state index in [1.165, 1.54) is 21.9 Å². The summed E-state index contributed by atoms with van der Waals surface area (Å²) < 4.78 is 7.30. The predicted octanol–water partition coefficient (Wildman–Crippen LogP) is 2.07. The fourth-order valence-electron chi connectivity index (χ4n) is 3.68. The summed E-state index contributed by atoms with van der Waals surface area (Å²) in [6, 6.07) is 7.70. The number of nitrogens with zero attached hydrogens (tertiary/aromatic N) is 4. The lowest BCUT2D eigenvalue weighted by Crippen LogP contribution is -2.53. The first kappa shape index (κ1) is 21.0. The van der Waals surface area contributed by atoms with Gasteiger partial charge in [-0.2, -0.15) is 0 Å². The lowest BCUT2D eigenvalue weighted by molar-refractivity contribution is -0.139. The number of carbonyl (C=O) groups excluding carboxylic acids is 2. The summed E-state index contributed by atoms with van der Waals surface area (Å²) in [6.07, 6.45) is 3.16. The van der Waals surface area contributed by atoms with Gasteiger partial charge >= 0.3 is 0 Å². The summed E-state index contributed by atoms with van der Waals surface area (Å²) in [7, 11) is 0. The topological polar surface area (TPSA) is 84.2 Å². The first-order chi connectivity index (χ1) is 15.0. The Labute approximate surface area is 183 Å². The lowest BCUT2D eigenvalue weighted by Gasteiger charge is -2.35. The molecule has 1 unspecified atom stereocenters. The van der Waals surface area contributed by atoms with Gasteiger partial charge in [-0.1, -0.05) is 25.1 Å². The van der Waals surface area contributed by atoms with Crippen molar-refractivity contribution < 1.29 is 14.3 Å². The first-order valence-corrected chi connectivity index (χ1v) is 11.1. The van der Waals surface area contributed by atoms with E-state index in [1.807, 2.05) is 31.2 Å². The number of benzene rings is 1. The molecule has 0 radical (unpaired) electrons. The Morgan fingerprint density at radius 3 is 2.61 bits per heavy atom. The van der Waals surface area contributed by atoms with E-state index in [2.05, 4.69) is 4.98 Å². The van der Waals surface area contributed by atoms with Gasteiger partial charge in [-0.25, -0.2) is 4.98 Å². The fraction of sp³-hybridized carbons (Fsp3) is 0.364. The number of hydrogen-bond acceptors (Lipinski definition) is 6. The summed E-state index contributed by atoms with van der Waals surface area (Å²) in [6.45, 7) is 5.28. The van der Waals surface area contributed by atoms with Crippen LogP contribution in [0.5, 0.6) is 5.75 Å². The Balaban J connectivity index is 1.38. The molecule has 1 aromatic carbocycles. The molecule has 8 nitrogen and oxygen atoms in total. The zero-order valence-corrected chi connectivity index (χ0v) is 18.3. The van der Waals surface area contributed by atoms with Crippen molar-refractivity contribution in [3.8, 4) is 5.75 Å². The Morgan fingerprint density at radius 2 is 1.87 bits per heavy atom. The van der Waals surface area contributed by atoms with Crippen LogP contribution in [0.4, 0.5) is 0 Å². The molecular formula is C22H24N4O4S. The highest BCUT2D eigenvalue weighted by Crippen LogP contribution is 2.20. The van der Waals surface area contributed by atoms with Crippen molar-refractivity contribution in [2.75, 3.05) is 26.2 Å². The SMILES string of the molecule is CCc1ccccc1OC(C)C(=O)N1CCN(C(=O)c2cnc3sccn3c2=O)CC1. The number of carbonyl (C=O) groups is 2. The number of rotatable bonds is 5. The number of para-hydroxylation sites is 1. The molecule has 1 aliphatic rings. The van der Waals surface area contributed by atoms with E-state index in [4.69, 9.17) is 4.74 Å². The van der Waals surface area contributed by atoms with Crippen LogP contribution in [0.1, 0.15) is 29.8 Å². The Kier molecular flexibility index (Phi) is 6.03. The lowest BCUT2D eigenvalue weighted by atomic mass is 10.1. The molecule has 3 aromatic rings. The summed E-state index contributed by atoms with van der Waals surface area (Å²) in [5.41, 5.74) is 0.731. The Bertz CT molecular complexity index is 1160. The van der Waals surface area contributed by atoms with E-state index >= 15 is 0 Å². The molecule has 2 amide bonds. The molecule has 31 heavy (non-hydrogen) atoms. The van der Waals surface area contributed by atoms with Crippen molar-refractivity contribution in [3.63, 3.8) is 0 Å². The van der Waals surface area contributed by atoms with Crippen molar-refractivity contribution in [2.45, 2.75) is 26.4 Å². The minimum atomic E-state index is -0.621. The Hall–Kier alpha value is -3.20. The van der Waals surface area contributed by atoms with Gasteiger partial charge < -0.3 is 14.5 Å². The highest BCUT2D eigenvalue weighted by molar-refractivity contribution is 7.15. The molecule has 1 fully saturated rings. The van der Waals surface area contributed by atoms with Crippen molar-refractivity contribution in [1.29, 1.82) is 0 Å². The van der Waals surface area contributed by atoms with E-state index in [1.54, 1.807) is 28.3 Å². The van der Waals surface area contributed by atoms with E-state index in [-0.39, 0.29) is 22.9 Å². The fourth-order valence-corrected chi connectivity index (χ4v) is 4.36. The van der Waals surface area contributed by atoms with Crippen LogP contribution in [0.25, 0.3) is 4.96 Å². The molecule has 1 atom stereocenters. The van der Waals surface area contributed by atoms with Gasteiger partial charge in [-0.3, -0.25) is 18.8 Å². The van der Waals surface area contributed by atoms with Gasteiger partial charge in [0.1, 0.15) is 11.3 Å². The average Bonchev–Trinajstić information content (AvgIpc) is 3.29. The van der Waals surface area contributed by atoms with Gasteiger partial charge in [0.25, 0.3) is 17.4 Å². The Morgan fingerprint density at radius 1 is 1.16 bits per heavy atom. The number of hydrogen-bond donors (Lipinski definition) is 0. The standard InChI is InChI=1S/C22H24N4O4S/c1-3-16-6-4-5-7-18(16)30-15(2)19(27)24-8-10-25(11-9-24)20(28)17-14-23-22-26(21(17)29)12-13-31-22/h4-7,12-15H,3,8-11H2,1-2H3. The van der Waals surface area contributed by atoms with E-state index < -0.39 is 6.10 Å². The number of thiazole rings is 1. The summed E-state index contributed by atoms with van der Waals surface area (Å²) in [5.74, 6) is 0.252. The van der Waals surface area contributed by atoms with Gasteiger partial charge in [0.05, 0.1) is 0 Å². The minimum absolute atomic E-state index is 0.0450. The van der Waals surface area contributed by atoms with Crippen molar-refractivity contribution >= 4 is 28.1 Å². The third kappa shape index (κ3) is 4.18. The highest BCUT2D eigenvalue weighted by atomic mass is 32.1. The maximum absolute atomic E-state index is 12.9. The van der Waals surface area contributed by atoms with Crippen LogP contribution in [0.3, 0.4) is 0 Å². The molecule has 2 aromatic heterocycles. The van der Waals surface area contributed by atoms with Crippen LogP contribution in [0.15, 0.2) is 46.8 Å². The second-order valence-corrected chi connectivity index (χ2v) is 8.24. The summed E-state index contributed by atoms with van der Waals surface area (Å²) in [4.78, 5) is 46.3. The first-order valence-electron chi connectivity index (χ1n) is 10.3. The van der Waals surface area contributed by atoms with Crippen molar-refractivity contribution in [2.24, 2.45) is 0 Å². The van der Waals surface area contributed by atoms with Gasteiger partial charge in [0, 0.05) is 44.0 Å². The number of aryl methyl sites for hydroxylation is 1. The third-order valence-corrected chi connectivity index (χ3v) is 6.23. The molecule has 162 valence electrons. The number of aromatic nitrogens is 2. The molecule has 0 aliphatic carbocycles. The van der Waals surface area contributed by atoms with Gasteiger partial charge in [0.15, 0.2) is 11.1 Å². The van der Waals surface area contributed by atoms with E-state index in [9.17, 15) is 14.4 Å².